The topological polar surface area (TPSA) is 18.5 Å². The van der Waals surface area contributed by atoms with Gasteiger partial charge in [-0.15, -0.1) is 0 Å². The van der Waals surface area contributed by atoms with E-state index in [1.807, 2.05) is 36.4 Å². The van der Waals surface area contributed by atoms with Crippen molar-refractivity contribution in [3.05, 3.63) is 82.4 Å². The van der Waals surface area contributed by atoms with Crippen LogP contribution in [0.4, 0.5) is 13.2 Å². The number of rotatable bonds is 0. The van der Waals surface area contributed by atoms with E-state index in [1.54, 1.807) is 0 Å². The molecule has 0 atom stereocenters. The molecule has 0 spiro atoms. The summed E-state index contributed by atoms with van der Waals surface area (Å²) in [6.45, 7) is 0. The minimum Gasteiger partial charge on any atom is -0.457 e. The third-order valence-electron chi connectivity index (χ3n) is 4.81. The molecule has 0 N–H and O–H groups in total. The molecule has 2 nitrogen and oxygen atoms in total. The van der Waals surface area contributed by atoms with E-state index < -0.39 is 11.7 Å². The number of hydrogen-bond donors (Lipinski definition) is 0. The summed E-state index contributed by atoms with van der Waals surface area (Å²) in [6, 6.07) is 15.2. The van der Waals surface area contributed by atoms with Crippen molar-refractivity contribution in [1.82, 2.24) is 0 Å². The molecule has 0 saturated heterocycles. The Morgan fingerprint density at radius 3 is 1.88 bits per heavy atom. The Hall–Kier alpha value is -2.95. The van der Waals surface area contributed by atoms with Gasteiger partial charge in [0.05, 0.1) is 5.56 Å². The lowest BCUT2D eigenvalue weighted by atomic mass is 9.94. The summed E-state index contributed by atoms with van der Waals surface area (Å²) in [5.74, 6) is 2.71. The van der Waals surface area contributed by atoms with E-state index in [1.165, 1.54) is 6.07 Å². The van der Waals surface area contributed by atoms with Gasteiger partial charge in [0.1, 0.15) is 23.0 Å². The Bertz CT molecular complexity index is 1040. The number of fused-ring (bicyclic) bond motifs is 4. The van der Waals surface area contributed by atoms with Gasteiger partial charge in [0.25, 0.3) is 0 Å². The molecule has 0 amide bonds. The van der Waals surface area contributed by atoms with Gasteiger partial charge in [-0.25, -0.2) is 0 Å². The molecule has 0 radical (unpaired) electrons. The maximum absolute atomic E-state index is 13.0. The second-order valence-electron chi connectivity index (χ2n) is 6.55. The average Bonchev–Trinajstić information content (AvgIpc) is 2.61. The number of ether oxygens (including phenoxy) is 2. The summed E-state index contributed by atoms with van der Waals surface area (Å²) in [5, 5.41) is 0. The Labute approximate surface area is 147 Å². The van der Waals surface area contributed by atoms with Crippen LogP contribution in [-0.4, -0.2) is 0 Å². The van der Waals surface area contributed by atoms with Gasteiger partial charge in [-0.2, -0.15) is 13.2 Å². The summed E-state index contributed by atoms with van der Waals surface area (Å²) in [4.78, 5) is 0. The van der Waals surface area contributed by atoms with Crippen LogP contribution in [0.2, 0.25) is 0 Å². The summed E-state index contributed by atoms with van der Waals surface area (Å²) >= 11 is 0. The van der Waals surface area contributed by atoms with E-state index in [4.69, 9.17) is 9.47 Å². The largest absolute Gasteiger partial charge is 0.457 e. The van der Waals surface area contributed by atoms with Gasteiger partial charge < -0.3 is 9.47 Å². The van der Waals surface area contributed by atoms with E-state index in [0.29, 0.717) is 23.5 Å². The highest BCUT2D eigenvalue weighted by molar-refractivity contribution is 5.59. The summed E-state index contributed by atoms with van der Waals surface area (Å²) < 4.78 is 50.7. The predicted octanol–water partition coefficient (Wildman–Crippen LogP) is 6.10. The number of halogens is 3. The number of hydrogen-bond acceptors (Lipinski definition) is 2. The third kappa shape index (κ3) is 2.43. The first kappa shape index (κ1) is 15.3. The van der Waals surface area contributed by atoms with Crippen molar-refractivity contribution in [2.45, 2.75) is 19.0 Å². The monoisotopic (exact) mass is 354 g/mol. The first-order valence-corrected chi connectivity index (χ1v) is 8.27. The molecule has 0 aromatic heterocycles. The number of alkyl halides is 3. The highest BCUT2D eigenvalue weighted by Crippen LogP contribution is 2.45. The van der Waals surface area contributed by atoms with Gasteiger partial charge in [-0.1, -0.05) is 18.2 Å². The maximum atomic E-state index is 13.0. The van der Waals surface area contributed by atoms with Gasteiger partial charge in [0.2, 0.25) is 0 Å². The molecule has 3 aromatic rings. The fourth-order valence-electron chi connectivity index (χ4n) is 3.50. The molecule has 0 bridgehead atoms. The second kappa shape index (κ2) is 5.27. The van der Waals surface area contributed by atoms with Crippen LogP contribution < -0.4 is 9.47 Å². The summed E-state index contributed by atoms with van der Waals surface area (Å²) in [7, 11) is 0. The van der Waals surface area contributed by atoms with Gasteiger partial charge in [-0.05, 0) is 47.5 Å². The van der Waals surface area contributed by atoms with E-state index in [-0.39, 0.29) is 0 Å². The molecule has 2 heterocycles. The predicted molar refractivity (Wildman–Crippen MR) is 90.1 cm³/mol. The average molecular weight is 354 g/mol. The van der Waals surface area contributed by atoms with Crippen LogP contribution in [0.25, 0.3) is 0 Å². The van der Waals surface area contributed by atoms with Crippen LogP contribution >= 0.6 is 0 Å². The van der Waals surface area contributed by atoms with E-state index in [0.717, 1.165) is 46.7 Å². The van der Waals surface area contributed by atoms with Gasteiger partial charge in [-0.3, -0.25) is 0 Å². The third-order valence-corrected chi connectivity index (χ3v) is 4.81. The van der Waals surface area contributed by atoms with Crippen molar-refractivity contribution >= 4 is 0 Å². The lowest BCUT2D eigenvalue weighted by Gasteiger charge is -2.26. The zero-order valence-corrected chi connectivity index (χ0v) is 13.6. The smallest absolute Gasteiger partial charge is 0.416 e. The van der Waals surface area contributed by atoms with Crippen LogP contribution in [0.3, 0.4) is 0 Å². The van der Waals surface area contributed by atoms with Crippen LogP contribution in [0.15, 0.2) is 54.6 Å². The standard InChI is InChI=1S/C21H13F3O2/c22-21(23,24)16-5-6-18-13(9-16)8-15-11-19-14(10-20(15)26-18)7-12-3-1-2-4-17(12)25-19/h1-6,9-11H,7-8H2. The molecule has 2 aliphatic rings. The van der Waals surface area contributed by atoms with Gasteiger partial charge >= 0.3 is 6.18 Å². The molecular formula is C21H13F3O2. The van der Waals surface area contributed by atoms with Crippen molar-refractivity contribution in [2.24, 2.45) is 0 Å². The highest BCUT2D eigenvalue weighted by atomic mass is 19.4. The Kier molecular flexibility index (Phi) is 3.11. The van der Waals surface area contributed by atoms with E-state index >= 15 is 0 Å². The van der Waals surface area contributed by atoms with Crippen LogP contribution in [0.1, 0.15) is 27.8 Å². The normalized spacial score (nSPS) is 14.3. The molecule has 0 aliphatic carbocycles. The quantitative estimate of drug-likeness (QED) is 0.335. The van der Waals surface area contributed by atoms with Crippen LogP contribution in [0, 0.1) is 0 Å². The van der Waals surface area contributed by atoms with Crippen molar-refractivity contribution in [1.29, 1.82) is 0 Å². The SMILES string of the molecule is FC(F)(F)c1ccc2c(c1)Cc1cc3c(cc1O2)Cc1ccccc1O3. The molecule has 2 aliphatic heterocycles. The van der Waals surface area contributed by atoms with E-state index in [9.17, 15) is 13.2 Å². The van der Waals surface area contributed by atoms with Gasteiger partial charge in [0.15, 0.2) is 0 Å². The first-order chi connectivity index (χ1) is 12.5. The van der Waals surface area contributed by atoms with Crippen molar-refractivity contribution < 1.29 is 22.6 Å². The first-order valence-electron chi connectivity index (χ1n) is 8.27. The lowest BCUT2D eigenvalue weighted by molar-refractivity contribution is -0.137. The van der Waals surface area contributed by atoms with Crippen molar-refractivity contribution in [3.8, 4) is 23.0 Å². The minimum atomic E-state index is -4.36. The van der Waals surface area contributed by atoms with Crippen molar-refractivity contribution in [2.75, 3.05) is 0 Å². The highest BCUT2D eigenvalue weighted by Gasteiger charge is 2.32. The molecular weight excluding hydrogens is 341 g/mol. The fourth-order valence-corrected chi connectivity index (χ4v) is 3.50. The maximum Gasteiger partial charge on any atom is 0.416 e. The number of para-hydroxylation sites is 1. The molecule has 5 rings (SSSR count). The summed E-state index contributed by atoms with van der Waals surface area (Å²) in [5.41, 5.74) is 2.81. The summed E-state index contributed by atoms with van der Waals surface area (Å²) in [6.07, 6.45) is -3.24. The van der Waals surface area contributed by atoms with E-state index in [2.05, 4.69) is 0 Å². The molecule has 0 saturated carbocycles. The molecule has 5 heteroatoms. The fraction of sp³-hybridized carbons (Fsp3) is 0.143. The molecule has 0 fully saturated rings. The molecule has 130 valence electrons. The second-order valence-corrected chi connectivity index (χ2v) is 6.55. The minimum absolute atomic E-state index is 0.382. The zero-order valence-electron chi connectivity index (χ0n) is 13.6. The molecule has 0 unspecified atom stereocenters. The Balaban J connectivity index is 1.53. The van der Waals surface area contributed by atoms with Crippen molar-refractivity contribution in [3.63, 3.8) is 0 Å². The zero-order chi connectivity index (χ0) is 17.9. The van der Waals surface area contributed by atoms with Crippen LogP contribution in [0.5, 0.6) is 23.0 Å². The van der Waals surface area contributed by atoms with Crippen LogP contribution in [-0.2, 0) is 19.0 Å². The molecule has 3 aromatic carbocycles. The van der Waals surface area contributed by atoms with Gasteiger partial charge in [0, 0.05) is 24.0 Å². The molecule has 26 heavy (non-hydrogen) atoms. The Morgan fingerprint density at radius 1 is 0.615 bits per heavy atom. The Morgan fingerprint density at radius 2 is 1.19 bits per heavy atom. The lowest BCUT2D eigenvalue weighted by Crippen LogP contribution is -2.10. The number of benzene rings is 3.